The van der Waals surface area contributed by atoms with Gasteiger partial charge in [-0.1, -0.05) is 18.2 Å². The summed E-state index contributed by atoms with van der Waals surface area (Å²) < 4.78 is 52.3. The monoisotopic (exact) mass is 416 g/mol. The summed E-state index contributed by atoms with van der Waals surface area (Å²) in [7, 11) is 0. The number of pyridine rings is 1. The maximum atomic E-state index is 13.4. The van der Waals surface area contributed by atoms with E-state index < -0.39 is 23.5 Å². The van der Waals surface area contributed by atoms with Crippen LogP contribution in [0, 0.1) is 5.82 Å². The van der Waals surface area contributed by atoms with Gasteiger partial charge in [-0.15, -0.1) is 0 Å². The number of amides is 1. The average molecular weight is 416 g/mol. The molecule has 0 spiro atoms. The fourth-order valence-corrected chi connectivity index (χ4v) is 2.49. The molecule has 0 aliphatic rings. The van der Waals surface area contributed by atoms with Gasteiger partial charge in [-0.2, -0.15) is 13.2 Å². The molecule has 3 aromatic rings. The number of rotatable bonds is 4. The summed E-state index contributed by atoms with van der Waals surface area (Å²) in [5, 5.41) is 5.15. The summed E-state index contributed by atoms with van der Waals surface area (Å²) in [6.07, 6.45) is -1.37. The molecule has 9 heteroatoms. The summed E-state index contributed by atoms with van der Waals surface area (Å²) in [4.78, 5) is 20.6. The molecule has 5 nitrogen and oxygen atoms in total. The lowest BCUT2D eigenvalue weighted by atomic mass is 10.2. The molecule has 0 bridgehead atoms. The molecule has 0 unspecified atom stereocenters. The number of aromatic nitrogens is 1. The number of anilines is 1. The fraction of sp³-hybridized carbons (Fsp3) is 0.0952. The Balaban J connectivity index is 1.85. The maximum absolute atomic E-state index is 13.4. The number of carbonyl (C=O) groups excluding carboxylic acids is 1. The second kappa shape index (κ2) is 9.17. The second-order valence-electron chi connectivity index (χ2n) is 6.19. The third-order valence-corrected chi connectivity index (χ3v) is 3.91. The van der Waals surface area contributed by atoms with Crippen LogP contribution in [-0.4, -0.2) is 16.9 Å². The van der Waals surface area contributed by atoms with Crippen LogP contribution in [0.25, 0.3) is 0 Å². The first kappa shape index (κ1) is 21.0. The zero-order chi connectivity index (χ0) is 21.6. The first-order valence-electron chi connectivity index (χ1n) is 8.76. The van der Waals surface area contributed by atoms with Gasteiger partial charge < -0.3 is 5.32 Å². The Morgan fingerprint density at radius 1 is 1.03 bits per heavy atom. The van der Waals surface area contributed by atoms with Crippen LogP contribution in [0.15, 0.2) is 78.0 Å². The van der Waals surface area contributed by atoms with Crippen LogP contribution in [0.3, 0.4) is 0 Å². The van der Waals surface area contributed by atoms with Gasteiger partial charge in [0, 0.05) is 23.6 Å². The van der Waals surface area contributed by atoms with Crippen molar-refractivity contribution >= 4 is 17.6 Å². The van der Waals surface area contributed by atoms with Crippen LogP contribution in [0.1, 0.15) is 21.5 Å². The van der Waals surface area contributed by atoms with Crippen molar-refractivity contribution in [2.75, 3.05) is 5.32 Å². The Bertz CT molecular complexity index is 1050. The summed E-state index contributed by atoms with van der Waals surface area (Å²) in [6.45, 7) is 0.110. The van der Waals surface area contributed by atoms with Gasteiger partial charge in [-0.25, -0.2) is 9.38 Å². The van der Waals surface area contributed by atoms with E-state index in [0.29, 0.717) is 0 Å². The number of halogens is 4. The van der Waals surface area contributed by atoms with E-state index in [9.17, 15) is 22.4 Å². The SMILES string of the molecule is O=C(NC(=NCc1cccnc1)Nc1cccc(C(F)(F)F)c1)c1cccc(F)c1. The molecule has 0 atom stereocenters. The number of guanidine groups is 1. The molecular formula is C21H16F4N4O. The van der Waals surface area contributed by atoms with E-state index in [1.54, 1.807) is 24.5 Å². The average Bonchev–Trinajstić information content (AvgIpc) is 2.72. The van der Waals surface area contributed by atoms with E-state index in [4.69, 9.17) is 0 Å². The van der Waals surface area contributed by atoms with Crippen molar-refractivity contribution in [3.8, 4) is 0 Å². The van der Waals surface area contributed by atoms with Gasteiger partial charge in [0.25, 0.3) is 5.91 Å². The minimum Gasteiger partial charge on any atom is -0.326 e. The summed E-state index contributed by atoms with van der Waals surface area (Å²) in [5.41, 5.74) is -0.0133. The molecular weight excluding hydrogens is 400 g/mol. The summed E-state index contributed by atoms with van der Waals surface area (Å²) in [5.74, 6) is -1.35. The van der Waals surface area contributed by atoms with E-state index in [0.717, 1.165) is 23.8 Å². The highest BCUT2D eigenvalue weighted by Crippen LogP contribution is 2.30. The lowest BCUT2D eigenvalue weighted by molar-refractivity contribution is -0.137. The molecule has 0 radical (unpaired) electrons. The van der Waals surface area contributed by atoms with Gasteiger partial charge in [0.05, 0.1) is 12.1 Å². The topological polar surface area (TPSA) is 66.4 Å². The van der Waals surface area contributed by atoms with Crippen LogP contribution >= 0.6 is 0 Å². The molecule has 2 aromatic carbocycles. The van der Waals surface area contributed by atoms with Crippen LogP contribution in [0.4, 0.5) is 23.2 Å². The molecule has 0 fully saturated rings. The molecule has 30 heavy (non-hydrogen) atoms. The van der Waals surface area contributed by atoms with Crippen LogP contribution < -0.4 is 10.6 Å². The molecule has 1 heterocycles. The highest BCUT2D eigenvalue weighted by atomic mass is 19.4. The van der Waals surface area contributed by atoms with Gasteiger partial charge in [0.1, 0.15) is 5.82 Å². The zero-order valence-corrected chi connectivity index (χ0v) is 15.4. The van der Waals surface area contributed by atoms with Gasteiger partial charge >= 0.3 is 6.18 Å². The van der Waals surface area contributed by atoms with Crippen molar-refractivity contribution in [2.24, 2.45) is 4.99 Å². The van der Waals surface area contributed by atoms with Crippen molar-refractivity contribution in [1.82, 2.24) is 10.3 Å². The Labute approximate surface area is 169 Å². The normalized spacial score (nSPS) is 11.8. The van der Waals surface area contributed by atoms with E-state index in [1.807, 2.05) is 0 Å². The van der Waals surface area contributed by atoms with Crippen LogP contribution in [-0.2, 0) is 12.7 Å². The number of hydrogen-bond donors (Lipinski definition) is 2. The summed E-state index contributed by atoms with van der Waals surface area (Å²) in [6, 6.07) is 12.9. The second-order valence-corrected chi connectivity index (χ2v) is 6.19. The molecule has 1 amide bonds. The number of hydrogen-bond acceptors (Lipinski definition) is 3. The minimum atomic E-state index is -4.52. The Kier molecular flexibility index (Phi) is 6.41. The third kappa shape index (κ3) is 5.87. The maximum Gasteiger partial charge on any atom is 0.416 e. The fourth-order valence-electron chi connectivity index (χ4n) is 2.49. The molecule has 154 valence electrons. The first-order valence-corrected chi connectivity index (χ1v) is 8.76. The highest BCUT2D eigenvalue weighted by Gasteiger charge is 2.30. The number of aliphatic imine (C=N–C) groups is 1. The van der Waals surface area contributed by atoms with Gasteiger partial charge in [0.15, 0.2) is 0 Å². The lowest BCUT2D eigenvalue weighted by Crippen LogP contribution is -2.36. The lowest BCUT2D eigenvalue weighted by Gasteiger charge is -2.14. The first-order chi connectivity index (χ1) is 14.3. The largest absolute Gasteiger partial charge is 0.416 e. The van der Waals surface area contributed by atoms with Crippen LogP contribution in [0.2, 0.25) is 0 Å². The Hall–Kier alpha value is -3.75. The van der Waals surface area contributed by atoms with Crippen molar-refractivity contribution in [3.05, 3.63) is 95.6 Å². The minimum absolute atomic E-state index is 0.0370. The Morgan fingerprint density at radius 3 is 2.53 bits per heavy atom. The zero-order valence-electron chi connectivity index (χ0n) is 15.4. The predicted molar refractivity (Wildman–Crippen MR) is 104 cm³/mol. The van der Waals surface area contributed by atoms with E-state index in [-0.39, 0.29) is 23.8 Å². The highest BCUT2D eigenvalue weighted by molar-refractivity contribution is 6.09. The number of carbonyl (C=O) groups is 1. The van der Waals surface area contributed by atoms with E-state index in [2.05, 4.69) is 20.6 Å². The predicted octanol–water partition coefficient (Wildman–Crippen LogP) is 4.64. The van der Waals surface area contributed by atoms with Gasteiger partial charge in [-0.05, 0) is 48.0 Å². The number of nitrogens with one attached hydrogen (secondary N) is 2. The van der Waals surface area contributed by atoms with E-state index >= 15 is 0 Å². The Morgan fingerprint density at radius 2 is 1.83 bits per heavy atom. The molecule has 3 rings (SSSR count). The van der Waals surface area contributed by atoms with Crippen molar-refractivity contribution in [2.45, 2.75) is 12.7 Å². The molecule has 2 N–H and O–H groups in total. The molecule has 0 saturated carbocycles. The number of nitrogens with zero attached hydrogens (tertiary/aromatic N) is 2. The summed E-state index contributed by atoms with van der Waals surface area (Å²) >= 11 is 0. The molecule has 1 aromatic heterocycles. The third-order valence-electron chi connectivity index (χ3n) is 3.91. The van der Waals surface area contributed by atoms with Crippen LogP contribution in [0.5, 0.6) is 0 Å². The van der Waals surface area contributed by atoms with E-state index in [1.165, 1.54) is 30.3 Å². The molecule has 0 aliphatic carbocycles. The van der Waals surface area contributed by atoms with Crippen molar-refractivity contribution in [3.63, 3.8) is 0 Å². The standard InChI is InChI=1S/C21H16F4N4O/c22-17-7-1-5-15(10-17)19(30)29-20(27-13-14-4-3-9-26-12-14)28-18-8-2-6-16(11-18)21(23,24)25/h1-12H,13H2,(H2,27,28,29,30). The smallest absolute Gasteiger partial charge is 0.326 e. The molecule has 0 saturated heterocycles. The number of alkyl halides is 3. The van der Waals surface area contributed by atoms with Crippen molar-refractivity contribution < 1.29 is 22.4 Å². The van der Waals surface area contributed by atoms with Gasteiger partial charge in [0.2, 0.25) is 5.96 Å². The quantitative estimate of drug-likeness (QED) is 0.370. The number of benzene rings is 2. The van der Waals surface area contributed by atoms with Gasteiger partial charge in [-0.3, -0.25) is 15.1 Å². The van der Waals surface area contributed by atoms with Crippen molar-refractivity contribution in [1.29, 1.82) is 0 Å². The molecule has 0 aliphatic heterocycles.